The highest BCUT2D eigenvalue weighted by atomic mass is 32.1. The van der Waals surface area contributed by atoms with E-state index in [4.69, 9.17) is 4.74 Å². The molecule has 3 heterocycles. The molecule has 1 fully saturated rings. The van der Waals surface area contributed by atoms with Crippen molar-refractivity contribution in [1.29, 1.82) is 0 Å². The Morgan fingerprint density at radius 3 is 3.19 bits per heavy atom. The van der Waals surface area contributed by atoms with Crippen LogP contribution in [0.25, 0.3) is 0 Å². The van der Waals surface area contributed by atoms with Gasteiger partial charge >= 0.3 is 6.03 Å². The Morgan fingerprint density at radius 1 is 1.52 bits per heavy atom. The van der Waals surface area contributed by atoms with E-state index < -0.39 is 0 Å². The molecule has 0 bridgehead atoms. The summed E-state index contributed by atoms with van der Waals surface area (Å²) in [5.74, 6) is 0. The van der Waals surface area contributed by atoms with Crippen LogP contribution in [0.5, 0.6) is 0 Å². The lowest BCUT2D eigenvalue weighted by Gasteiger charge is -2.32. The number of anilines is 1. The number of carbonyl (C=O) groups excluding carboxylic acids is 1. The van der Waals surface area contributed by atoms with Crippen molar-refractivity contribution in [2.75, 3.05) is 25.0 Å². The van der Waals surface area contributed by atoms with Crippen molar-refractivity contribution < 1.29 is 9.53 Å². The number of rotatable bonds is 2. The minimum Gasteiger partial charge on any atom is -0.367 e. The van der Waals surface area contributed by atoms with Crippen LogP contribution in [-0.2, 0) is 4.74 Å². The summed E-state index contributed by atoms with van der Waals surface area (Å²) in [5.41, 5.74) is 1.72. The lowest BCUT2D eigenvalue weighted by Crippen LogP contribution is -2.44. The summed E-state index contributed by atoms with van der Waals surface area (Å²) in [5, 5.41) is 5.74. The number of carbonyl (C=O) groups is 1. The highest BCUT2D eigenvalue weighted by molar-refractivity contribution is 7.09. The normalized spacial score (nSPS) is 18.5. The molecule has 0 saturated carbocycles. The lowest BCUT2D eigenvalue weighted by molar-refractivity contribution is -0.0136. The van der Waals surface area contributed by atoms with E-state index in [0.29, 0.717) is 19.7 Å². The average molecular weight is 304 g/mol. The van der Waals surface area contributed by atoms with Gasteiger partial charge in [-0.05, 0) is 18.6 Å². The highest BCUT2D eigenvalue weighted by Gasteiger charge is 2.27. The SMILES string of the molecule is Cc1cnccc1NC(=O)N1CCO[C@H](c2nccs2)C1. The number of hydrogen-bond acceptors (Lipinski definition) is 5. The molecule has 0 spiro atoms. The van der Waals surface area contributed by atoms with Crippen molar-refractivity contribution >= 4 is 23.1 Å². The van der Waals surface area contributed by atoms with Crippen molar-refractivity contribution in [1.82, 2.24) is 14.9 Å². The third kappa shape index (κ3) is 3.20. The average Bonchev–Trinajstić information content (AvgIpc) is 3.04. The number of nitrogens with one attached hydrogen (secondary N) is 1. The topological polar surface area (TPSA) is 67.4 Å². The van der Waals surface area contributed by atoms with Gasteiger partial charge in [0.25, 0.3) is 0 Å². The number of aryl methyl sites for hydroxylation is 1. The number of ether oxygens (including phenoxy) is 1. The van der Waals surface area contributed by atoms with Gasteiger partial charge in [0.15, 0.2) is 0 Å². The summed E-state index contributed by atoms with van der Waals surface area (Å²) in [4.78, 5) is 22.4. The molecule has 1 N–H and O–H groups in total. The van der Waals surface area contributed by atoms with Gasteiger partial charge in [0, 0.05) is 36.2 Å². The number of aromatic nitrogens is 2. The fraction of sp³-hybridized carbons (Fsp3) is 0.357. The largest absolute Gasteiger partial charge is 0.367 e. The van der Waals surface area contributed by atoms with Crippen LogP contribution in [0.2, 0.25) is 0 Å². The Bertz CT molecular complexity index is 617. The molecule has 0 aromatic carbocycles. The van der Waals surface area contributed by atoms with Gasteiger partial charge in [0.2, 0.25) is 0 Å². The zero-order valence-electron chi connectivity index (χ0n) is 11.7. The predicted molar refractivity (Wildman–Crippen MR) is 80.4 cm³/mol. The van der Waals surface area contributed by atoms with Gasteiger partial charge < -0.3 is 15.0 Å². The summed E-state index contributed by atoms with van der Waals surface area (Å²) in [6, 6.07) is 1.68. The third-order valence-corrected chi connectivity index (χ3v) is 4.21. The van der Waals surface area contributed by atoms with Crippen molar-refractivity contribution in [3.05, 3.63) is 40.6 Å². The molecule has 2 aromatic rings. The number of urea groups is 1. The molecule has 3 rings (SSSR count). The van der Waals surface area contributed by atoms with Gasteiger partial charge in [0.05, 0.1) is 13.2 Å². The van der Waals surface area contributed by atoms with Gasteiger partial charge in [-0.25, -0.2) is 9.78 Å². The van der Waals surface area contributed by atoms with Crippen LogP contribution in [0.15, 0.2) is 30.0 Å². The first kappa shape index (κ1) is 14.0. The second-order valence-corrected chi connectivity index (χ2v) is 5.72. The highest BCUT2D eigenvalue weighted by Crippen LogP contribution is 2.24. The van der Waals surface area contributed by atoms with Crippen molar-refractivity contribution in [2.24, 2.45) is 0 Å². The molecule has 1 saturated heterocycles. The number of thiazole rings is 1. The summed E-state index contributed by atoms with van der Waals surface area (Å²) in [7, 11) is 0. The van der Waals surface area contributed by atoms with Crippen LogP contribution in [0.3, 0.4) is 0 Å². The minimum atomic E-state index is -0.136. The molecule has 0 unspecified atom stereocenters. The lowest BCUT2D eigenvalue weighted by atomic mass is 10.2. The Hall–Kier alpha value is -1.99. The molecule has 21 heavy (non-hydrogen) atoms. The number of morpholine rings is 1. The standard InChI is InChI=1S/C14H16N4O2S/c1-10-8-15-3-2-11(10)17-14(19)18-5-6-20-12(9-18)13-16-4-7-21-13/h2-4,7-8,12H,5-6,9H2,1H3,(H,15,17,19)/t12-/m0/s1. The van der Waals surface area contributed by atoms with E-state index in [9.17, 15) is 4.79 Å². The number of hydrogen-bond donors (Lipinski definition) is 1. The van der Waals surface area contributed by atoms with E-state index in [1.165, 1.54) is 0 Å². The second-order valence-electron chi connectivity index (χ2n) is 4.80. The Labute approximate surface area is 126 Å². The van der Waals surface area contributed by atoms with Crippen LogP contribution < -0.4 is 5.32 Å². The summed E-state index contributed by atoms with van der Waals surface area (Å²) >= 11 is 1.55. The van der Waals surface area contributed by atoms with Gasteiger partial charge in [-0.1, -0.05) is 0 Å². The molecular weight excluding hydrogens is 288 g/mol. The Kier molecular flexibility index (Phi) is 4.12. The smallest absolute Gasteiger partial charge is 0.322 e. The number of pyridine rings is 1. The second kappa shape index (κ2) is 6.19. The number of amides is 2. The van der Waals surface area contributed by atoms with Gasteiger partial charge in [-0.2, -0.15) is 0 Å². The minimum absolute atomic E-state index is 0.117. The zero-order chi connectivity index (χ0) is 14.7. The maximum absolute atomic E-state index is 12.4. The van der Waals surface area contributed by atoms with Crippen LogP contribution in [0.4, 0.5) is 10.5 Å². The van der Waals surface area contributed by atoms with Gasteiger partial charge in [-0.15, -0.1) is 11.3 Å². The first-order valence-corrected chi connectivity index (χ1v) is 7.59. The molecular formula is C14H16N4O2S. The summed E-state index contributed by atoms with van der Waals surface area (Å²) < 4.78 is 5.69. The summed E-state index contributed by atoms with van der Waals surface area (Å²) in [6.07, 6.45) is 5.01. The van der Waals surface area contributed by atoms with Crippen molar-refractivity contribution in [3.63, 3.8) is 0 Å². The molecule has 110 valence electrons. The first-order chi connectivity index (χ1) is 10.2. The molecule has 1 aliphatic rings. The molecule has 2 aromatic heterocycles. The number of nitrogens with zero attached hydrogens (tertiary/aromatic N) is 3. The molecule has 1 aliphatic heterocycles. The molecule has 6 nitrogen and oxygen atoms in total. The Balaban J connectivity index is 1.66. The van der Waals surface area contributed by atoms with E-state index in [1.54, 1.807) is 40.9 Å². The van der Waals surface area contributed by atoms with E-state index in [1.807, 2.05) is 12.3 Å². The monoisotopic (exact) mass is 304 g/mol. The Morgan fingerprint density at radius 2 is 2.43 bits per heavy atom. The molecule has 7 heteroatoms. The molecule has 0 aliphatic carbocycles. The maximum atomic E-state index is 12.4. The van der Waals surface area contributed by atoms with Crippen molar-refractivity contribution in [2.45, 2.75) is 13.0 Å². The predicted octanol–water partition coefficient (Wildman–Crippen LogP) is 2.45. The molecule has 0 radical (unpaired) electrons. The molecule has 2 amide bonds. The zero-order valence-corrected chi connectivity index (χ0v) is 12.5. The van der Waals surface area contributed by atoms with E-state index in [0.717, 1.165) is 16.3 Å². The van der Waals surface area contributed by atoms with Gasteiger partial charge in [-0.3, -0.25) is 4.98 Å². The van der Waals surface area contributed by atoms with Crippen LogP contribution in [0, 0.1) is 6.92 Å². The third-order valence-electron chi connectivity index (χ3n) is 3.34. The fourth-order valence-corrected chi connectivity index (χ4v) is 2.86. The van der Waals surface area contributed by atoms with E-state index >= 15 is 0 Å². The van der Waals surface area contributed by atoms with Crippen molar-refractivity contribution in [3.8, 4) is 0 Å². The quantitative estimate of drug-likeness (QED) is 0.925. The van der Waals surface area contributed by atoms with E-state index in [2.05, 4.69) is 15.3 Å². The first-order valence-electron chi connectivity index (χ1n) is 6.71. The van der Waals surface area contributed by atoms with E-state index in [-0.39, 0.29) is 12.1 Å². The van der Waals surface area contributed by atoms with Crippen LogP contribution >= 0.6 is 11.3 Å². The summed E-state index contributed by atoms with van der Waals surface area (Å²) in [6.45, 7) is 3.54. The van der Waals surface area contributed by atoms with Crippen LogP contribution in [-0.4, -0.2) is 40.6 Å². The van der Waals surface area contributed by atoms with Crippen LogP contribution in [0.1, 0.15) is 16.7 Å². The van der Waals surface area contributed by atoms with Gasteiger partial charge in [0.1, 0.15) is 11.1 Å². The maximum Gasteiger partial charge on any atom is 0.322 e. The molecule has 1 atom stereocenters. The fourth-order valence-electron chi connectivity index (χ4n) is 2.18.